The predicted molar refractivity (Wildman–Crippen MR) is 86.9 cm³/mol. The molecule has 0 heterocycles. The Balaban J connectivity index is 1.70. The minimum atomic E-state index is -0.518. The molecule has 0 unspecified atom stereocenters. The van der Waals surface area contributed by atoms with Gasteiger partial charge < -0.3 is 15.8 Å². The van der Waals surface area contributed by atoms with E-state index in [0.717, 1.165) is 5.56 Å². The van der Waals surface area contributed by atoms with Crippen molar-refractivity contribution in [2.45, 2.75) is 13.0 Å². The third-order valence-electron chi connectivity index (χ3n) is 2.98. The van der Waals surface area contributed by atoms with Gasteiger partial charge in [0.25, 0.3) is 0 Å². The molecule has 0 aliphatic heterocycles. The van der Waals surface area contributed by atoms with Gasteiger partial charge in [0.2, 0.25) is 0 Å². The molecule has 0 atom stereocenters. The predicted octanol–water partition coefficient (Wildman–Crippen LogP) is 3.08. The number of carbonyl (C=O) groups excluding carboxylic acids is 1. The fourth-order valence-corrected chi connectivity index (χ4v) is 1.81. The smallest absolute Gasteiger partial charge is 0.407 e. The molecule has 0 aromatic heterocycles. The van der Waals surface area contributed by atoms with Crippen molar-refractivity contribution in [1.29, 1.82) is 0 Å². The van der Waals surface area contributed by atoms with Gasteiger partial charge in [-0.1, -0.05) is 48.2 Å². The number of nitrogens with two attached hydrogens (primary N) is 1. The lowest BCUT2D eigenvalue weighted by Gasteiger charge is -2.05. The molecule has 0 bridgehead atoms. The molecule has 1 amide bonds. The number of halogens is 1. The Hall–Kier alpha value is -3.00. The van der Waals surface area contributed by atoms with Crippen LogP contribution < -0.4 is 11.1 Å². The first-order chi connectivity index (χ1) is 11.2. The van der Waals surface area contributed by atoms with Crippen LogP contribution in [0.15, 0.2) is 48.5 Å². The second kappa shape index (κ2) is 8.44. The summed E-state index contributed by atoms with van der Waals surface area (Å²) in [6, 6.07) is 14.1. The van der Waals surface area contributed by atoms with E-state index in [1.165, 1.54) is 6.07 Å². The molecule has 0 spiro atoms. The molecule has 2 aromatic carbocycles. The number of amides is 1. The highest BCUT2D eigenvalue weighted by atomic mass is 19.1. The van der Waals surface area contributed by atoms with E-state index in [-0.39, 0.29) is 17.9 Å². The van der Waals surface area contributed by atoms with Crippen LogP contribution in [0.25, 0.3) is 0 Å². The normalized spacial score (nSPS) is 9.61. The van der Waals surface area contributed by atoms with Crippen LogP contribution in [0.2, 0.25) is 0 Å². The summed E-state index contributed by atoms with van der Waals surface area (Å²) in [7, 11) is 0. The quantitative estimate of drug-likeness (QED) is 0.518. The molecular formula is C18H17FN2O2. The first kappa shape index (κ1) is 16.4. The molecule has 118 valence electrons. The fourth-order valence-electron chi connectivity index (χ4n) is 1.81. The Morgan fingerprint density at radius 3 is 2.74 bits per heavy atom. The zero-order valence-corrected chi connectivity index (χ0v) is 12.5. The van der Waals surface area contributed by atoms with E-state index in [1.54, 1.807) is 12.1 Å². The highest BCUT2D eigenvalue weighted by Gasteiger charge is 2.02. The number of alkyl carbamates (subject to hydrolysis) is 1. The van der Waals surface area contributed by atoms with Crippen molar-refractivity contribution in [2.75, 3.05) is 12.3 Å². The molecule has 4 nitrogen and oxygen atoms in total. The number of nitrogen functional groups attached to an aromatic ring is 1. The van der Waals surface area contributed by atoms with Crippen molar-refractivity contribution in [3.63, 3.8) is 0 Å². The lowest BCUT2D eigenvalue weighted by Crippen LogP contribution is -2.24. The van der Waals surface area contributed by atoms with Gasteiger partial charge >= 0.3 is 6.09 Å². The van der Waals surface area contributed by atoms with Crippen LogP contribution in [0, 0.1) is 17.7 Å². The van der Waals surface area contributed by atoms with Gasteiger partial charge in [0, 0.05) is 13.0 Å². The van der Waals surface area contributed by atoms with E-state index in [4.69, 9.17) is 10.5 Å². The summed E-state index contributed by atoms with van der Waals surface area (Å²) in [5, 5.41) is 2.58. The van der Waals surface area contributed by atoms with Gasteiger partial charge in [-0.05, 0) is 17.7 Å². The van der Waals surface area contributed by atoms with Crippen LogP contribution in [0.1, 0.15) is 17.5 Å². The van der Waals surface area contributed by atoms with Crippen molar-refractivity contribution in [1.82, 2.24) is 5.32 Å². The third kappa shape index (κ3) is 5.36. The lowest BCUT2D eigenvalue weighted by molar-refractivity contribution is 0.140. The Morgan fingerprint density at radius 1 is 1.17 bits per heavy atom. The highest BCUT2D eigenvalue weighted by molar-refractivity contribution is 5.67. The van der Waals surface area contributed by atoms with Crippen LogP contribution in [0.5, 0.6) is 0 Å². The molecule has 5 heteroatoms. The maximum atomic E-state index is 13.6. The molecule has 3 N–H and O–H groups in total. The van der Waals surface area contributed by atoms with E-state index >= 15 is 0 Å². The van der Waals surface area contributed by atoms with Crippen molar-refractivity contribution < 1.29 is 13.9 Å². The minimum absolute atomic E-state index is 0.0689. The number of hydrogen-bond acceptors (Lipinski definition) is 3. The second-order valence-corrected chi connectivity index (χ2v) is 4.75. The summed E-state index contributed by atoms with van der Waals surface area (Å²) in [5.74, 6) is 4.95. The zero-order chi connectivity index (χ0) is 16.5. The number of nitrogens with one attached hydrogen (secondary N) is 1. The maximum absolute atomic E-state index is 13.6. The first-order valence-corrected chi connectivity index (χ1v) is 7.14. The largest absolute Gasteiger partial charge is 0.445 e. The molecule has 0 fully saturated rings. The minimum Gasteiger partial charge on any atom is -0.445 e. The standard InChI is InChI=1S/C18H17FN2O2/c19-17-15(10-6-11-16(17)20)9-4-5-12-21-18(22)23-13-14-7-2-1-3-8-14/h1-3,6-8,10-11H,5,12-13,20H2,(H,21,22). The number of hydrogen-bond donors (Lipinski definition) is 2. The maximum Gasteiger partial charge on any atom is 0.407 e. The molecule has 0 saturated heterocycles. The SMILES string of the molecule is Nc1cccc(C#CCCNC(=O)OCc2ccccc2)c1F. The van der Waals surface area contributed by atoms with Crippen molar-refractivity contribution in [2.24, 2.45) is 0 Å². The van der Waals surface area contributed by atoms with E-state index in [9.17, 15) is 9.18 Å². The number of rotatable bonds is 4. The van der Waals surface area contributed by atoms with Crippen LogP contribution in [0.3, 0.4) is 0 Å². The van der Waals surface area contributed by atoms with E-state index < -0.39 is 11.9 Å². The molecule has 2 rings (SSSR count). The number of anilines is 1. The Bertz CT molecular complexity index is 721. The van der Waals surface area contributed by atoms with E-state index in [1.807, 2.05) is 30.3 Å². The number of ether oxygens (including phenoxy) is 1. The van der Waals surface area contributed by atoms with Gasteiger partial charge in [-0.3, -0.25) is 0 Å². The van der Waals surface area contributed by atoms with E-state index in [2.05, 4.69) is 17.2 Å². The second-order valence-electron chi connectivity index (χ2n) is 4.75. The molecule has 0 radical (unpaired) electrons. The third-order valence-corrected chi connectivity index (χ3v) is 2.98. The number of benzene rings is 2. The summed E-state index contributed by atoms with van der Waals surface area (Å²) in [5.41, 5.74) is 6.69. The Labute approximate surface area is 134 Å². The average molecular weight is 312 g/mol. The van der Waals surface area contributed by atoms with Gasteiger partial charge in [0.05, 0.1) is 11.3 Å². The molecule has 0 aliphatic carbocycles. The van der Waals surface area contributed by atoms with E-state index in [0.29, 0.717) is 13.0 Å². The molecule has 23 heavy (non-hydrogen) atoms. The van der Waals surface area contributed by atoms with Crippen LogP contribution in [0.4, 0.5) is 14.9 Å². The molecule has 0 aliphatic rings. The van der Waals surface area contributed by atoms with Crippen molar-refractivity contribution >= 4 is 11.8 Å². The topological polar surface area (TPSA) is 64.3 Å². The van der Waals surface area contributed by atoms with Crippen molar-refractivity contribution in [3.05, 3.63) is 65.5 Å². The Kier molecular flexibility index (Phi) is 6.01. The lowest BCUT2D eigenvalue weighted by atomic mass is 10.2. The summed E-state index contributed by atoms with van der Waals surface area (Å²) in [4.78, 5) is 11.5. The molecule has 0 saturated carbocycles. The molecular weight excluding hydrogens is 295 g/mol. The van der Waals surface area contributed by atoms with Gasteiger partial charge in [-0.2, -0.15) is 0 Å². The zero-order valence-electron chi connectivity index (χ0n) is 12.5. The first-order valence-electron chi connectivity index (χ1n) is 7.14. The average Bonchev–Trinajstić information content (AvgIpc) is 2.57. The van der Waals surface area contributed by atoms with Gasteiger partial charge in [0.1, 0.15) is 6.61 Å². The summed E-state index contributed by atoms with van der Waals surface area (Å²) in [6.45, 7) is 0.539. The van der Waals surface area contributed by atoms with Crippen LogP contribution >= 0.6 is 0 Å². The van der Waals surface area contributed by atoms with Crippen molar-refractivity contribution in [3.8, 4) is 11.8 Å². The Morgan fingerprint density at radius 2 is 1.96 bits per heavy atom. The van der Waals surface area contributed by atoms with Crippen LogP contribution in [-0.2, 0) is 11.3 Å². The number of carbonyl (C=O) groups is 1. The fraction of sp³-hybridized carbons (Fsp3) is 0.167. The summed E-state index contributed by atoms with van der Waals surface area (Å²) < 4.78 is 18.6. The van der Waals surface area contributed by atoms with Gasteiger partial charge in [0.15, 0.2) is 5.82 Å². The van der Waals surface area contributed by atoms with Gasteiger partial charge in [-0.25, -0.2) is 9.18 Å². The summed E-state index contributed by atoms with van der Waals surface area (Å²) in [6.07, 6.45) is -0.125. The van der Waals surface area contributed by atoms with Gasteiger partial charge in [-0.15, -0.1) is 0 Å². The highest BCUT2D eigenvalue weighted by Crippen LogP contribution is 2.13. The molecule has 2 aromatic rings. The summed E-state index contributed by atoms with van der Waals surface area (Å²) >= 11 is 0. The van der Waals surface area contributed by atoms with Crippen LogP contribution in [-0.4, -0.2) is 12.6 Å². The monoisotopic (exact) mass is 312 g/mol.